The number of fused-ring (bicyclic) bond motifs is 1. The molecule has 178 valence electrons. The van der Waals surface area contributed by atoms with E-state index in [2.05, 4.69) is 0 Å². The molecular weight excluding hydrogens is 458 g/mol. The number of hydrogen-bond donors (Lipinski definition) is 0. The summed E-state index contributed by atoms with van der Waals surface area (Å²) in [6, 6.07) is 10.7. The highest BCUT2D eigenvalue weighted by molar-refractivity contribution is 7.89. The summed E-state index contributed by atoms with van der Waals surface area (Å²) < 4.78 is 33.5. The van der Waals surface area contributed by atoms with E-state index >= 15 is 0 Å². The summed E-state index contributed by atoms with van der Waals surface area (Å²) in [6.07, 6.45) is 2.96. The Balaban J connectivity index is 1.50. The van der Waals surface area contributed by atoms with Crippen LogP contribution < -0.4 is 9.80 Å². The summed E-state index contributed by atoms with van der Waals surface area (Å²) in [6.45, 7) is 0.246. The third-order valence-electron chi connectivity index (χ3n) is 6.08. The van der Waals surface area contributed by atoms with Crippen molar-refractivity contribution in [3.05, 3.63) is 53.6 Å². The number of Topliss-reactive ketones (excluding diaryl/α,β-unsaturated/α-hetero) is 1. The van der Waals surface area contributed by atoms with Gasteiger partial charge in [-0.15, -0.1) is 0 Å². The number of nitrogens with zero attached hydrogens (tertiary/aromatic N) is 5. The Kier molecular flexibility index (Phi) is 6.20. The van der Waals surface area contributed by atoms with Crippen LogP contribution in [0.1, 0.15) is 23.3 Å². The normalized spacial score (nSPS) is 15.9. The average molecular weight is 484 g/mol. The standard InChI is InChI=1S/C23H25N5O5S/c1-25-14-16(34(31,32)28-10-6-7-11-28)12-20(25)23(30)33-15-21(29)17(13-24)22-26(2)18-8-4-5-9-19(18)27(22)3/h4-5,8-9,12,14H,6-7,10-11,15H2,1-3H3. The molecule has 0 amide bonds. The van der Waals surface area contributed by atoms with Gasteiger partial charge >= 0.3 is 5.97 Å². The first-order valence-corrected chi connectivity index (χ1v) is 12.2. The van der Waals surface area contributed by atoms with Crippen LogP contribution in [0.4, 0.5) is 11.4 Å². The molecule has 0 saturated carbocycles. The van der Waals surface area contributed by atoms with Crippen molar-refractivity contribution < 1.29 is 22.7 Å². The first kappa shape index (κ1) is 23.5. The van der Waals surface area contributed by atoms with E-state index in [4.69, 9.17) is 4.74 Å². The average Bonchev–Trinajstić information content (AvgIpc) is 3.55. The Bertz CT molecular complexity index is 1300. The number of anilines is 2. The van der Waals surface area contributed by atoms with Gasteiger partial charge in [0, 0.05) is 40.4 Å². The lowest BCUT2D eigenvalue weighted by Gasteiger charge is -2.19. The zero-order chi connectivity index (χ0) is 24.6. The molecule has 0 radical (unpaired) electrons. The van der Waals surface area contributed by atoms with Gasteiger partial charge < -0.3 is 19.1 Å². The third kappa shape index (κ3) is 3.95. The second kappa shape index (κ2) is 8.96. The van der Waals surface area contributed by atoms with Gasteiger partial charge in [-0.1, -0.05) is 12.1 Å². The van der Waals surface area contributed by atoms with Gasteiger partial charge in [0.05, 0.1) is 11.4 Å². The van der Waals surface area contributed by atoms with Crippen LogP contribution >= 0.6 is 0 Å². The zero-order valence-corrected chi connectivity index (χ0v) is 20.0. The monoisotopic (exact) mass is 483 g/mol. The Morgan fingerprint density at radius 1 is 1.06 bits per heavy atom. The van der Waals surface area contributed by atoms with Gasteiger partial charge in [0.1, 0.15) is 28.1 Å². The summed E-state index contributed by atoms with van der Waals surface area (Å²) in [5.41, 5.74) is 1.54. The summed E-state index contributed by atoms with van der Waals surface area (Å²) >= 11 is 0. The van der Waals surface area contributed by atoms with E-state index in [1.807, 2.05) is 30.3 Å². The van der Waals surface area contributed by atoms with Crippen molar-refractivity contribution in [3.8, 4) is 6.07 Å². The van der Waals surface area contributed by atoms with Crippen LogP contribution in [0.5, 0.6) is 0 Å². The lowest BCUT2D eigenvalue weighted by Crippen LogP contribution is -2.28. The molecule has 1 aromatic heterocycles. The van der Waals surface area contributed by atoms with Gasteiger partial charge in [0.2, 0.25) is 15.8 Å². The molecule has 3 heterocycles. The highest BCUT2D eigenvalue weighted by Gasteiger charge is 2.32. The Hall–Kier alpha value is -3.62. The summed E-state index contributed by atoms with van der Waals surface area (Å²) in [7, 11) is 1.34. The molecule has 2 aromatic rings. The van der Waals surface area contributed by atoms with Crippen LogP contribution in [-0.2, 0) is 26.6 Å². The summed E-state index contributed by atoms with van der Waals surface area (Å²) in [5.74, 6) is -1.11. The summed E-state index contributed by atoms with van der Waals surface area (Å²) in [4.78, 5) is 29.0. The number of carbonyl (C=O) groups excluding carboxylic acids is 2. The molecule has 0 bridgehead atoms. The highest BCUT2D eigenvalue weighted by Crippen LogP contribution is 2.40. The van der Waals surface area contributed by atoms with Crippen LogP contribution in [0, 0.1) is 11.3 Å². The van der Waals surface area contributed by atoms with Gasteiger partial charge in [0.15, 0.2) is 6.61 Å². The lowest BCUT2D eigenvalue weighted by molar-refractivity contribution is -0.118. The number of nitriles is 1. The molecule has 2 aliphatic heterocycles. The lowest BCUT2D eigenvalue weighted by atomic mass is 10.2. The SMILES string of the molecule is CN1C(=C(C#N)C(=O)COC(=O)c2cc(S(=O)(=O)N3CCCC3)cn2C)N(C)c2ccccc21. The quantitative estimate of drug-likeness (QED) is 0.347. The predicted molar refractivity (Wildman–Crippen MR) is 125 cm³/mol. The number of carbonyl (C=O) groups is 2. The number of benzene rings is 1. The molecule has 34 heavy (non-hydrogen) atoms. The van der Waals surface area contributed by atoms with E-state index in [1.165, 1.54) is 28.2 Å². The Morgan fingerprint density at radius 2 is 1.65 bits per heavy atom. The molecule has 1 saturated heterocycles. The van der Waals surface area contributed by atoms with Crippen molar-refractivity contribution in [1.82, 2.24) is 8.87 Å². The van der Waals surface area contributed by atoms with Crippen LogP contribution in [0.25, 0.3) is 0 Å². The number of hydrogen-bond acceptors (Lipinski definition) is 8. The van der Waals surface area contributed by atoms with Crippen molar-refractivity contribution in [2.45, 2.75) is 17.7 Å². The van der Waals surface area contributed by atoms with Crippen molar-refractivity contribution in [2.75, 3.05) is 43.6 Å². The Morgan fingerprint density at radius 3 is 2.21 bits per heavy atom. The number of para-hydroxylation sites is 2. The number of ketones is 1. The van der Waals surface area contributed by atoms with Crippen LogP contribution in [-0.4, -0.2) is 62.8 Å². The van der Waals surface area contributed by atoms with Crippen molar-refractivity contribution in [2.24, 2.45) is 7.05 Å². The fourth-order valence-corrected chi connectivity index (χ4v) is 5.88. The third-order valence-corrected chi connectivity index (χ3v) is 7.94. The number of esters is 1. The molecule has 4 rings (SSSR count). The molecule has 0 N–H and O–H groups in total. The van der Waals surface area contributed by atoms with Crippen molar-refractivity contribution in [1.29, 1.82) is 5.26 Å². The topological polar surface area (TPSA) is 116 Å². The molecule has 0 atom stereocenters. The second-order valence-corrected chi connectivity index (χ2v) is 10.1. The first-order chi connectivity index (χ1) is 16.2. The van der Waals surface area contributed by atoms with E-state index in [-0.39, 0.29) is 16.2 Å². The van der Waals surface area contributed by atoms with Crippen molar-refractivity contribution in [3.63, 3.8) is 0 Å². The van der Waals surface area contributed by atoms with E-state index in [9.17, 15) is 23.3 Å². The fourth-order valence-electron chi connectivity index (χ4n) is 4.29. The van der Waals surface area contributed by atoms with Crippen molar-refractivity contribution >= 4 is 33.2 Å². The second-order valence-electron chi connectivity index (χ2n) is 8.20. The maximum absolute atomic E-state index is 12.8. The molecule has 2 aliphatic rings. The predicted octanol–water partition coefficient (Wildman–Crippen LogP) is 1.86. The van der Waals surface area contributed by atoms with Gasteiger partial charge in [0.25, 0.3) is 0 Å². The minimum atomic E-state index is -3.70. The smallest absolute Gasteiger partial charge is 0.355 e. The minimum absolute atomic E-state index is 0.000703. The molecule has 1 fully saturated rings. The first-order valence-electron chi connectivity index (χ1n) is 10.7. The number of aromatic nitrogens is 1. The zero-order valence-electron chi connectivity index (χ0n) is 19.2. The van der Waals surface area contributed by atoms with E-state index in [0.717, 1.165) is 24.2 Å². The van der Waals surface area contributed by atoms with Gasteiger partial charge in [-0.3, -0.25) is 4.79 Å². The van der Waals surface area contributed by atoms with Gasteiger partial charge in [-0.25, -0.2) is 13.2 Å². The fraction of sp³-hybridized carbons (Fsp3) is 0.348. The van der Waals surface area contributed by atoms with E-state index in [0.29, 0.717) is 18.9 Å². The Labute approximate surface area is 198 Å². The maximum Gasteiger partial charge on any atom is 0.355 e. The number of sulfonamides is 1. The number of rotatable bonds is 6. The number of ether oxygens (including phenoxy) is 1. The van der Waals surface area contributed by atoms with Gasteiger partial charge in [-0.2, -0.15) is 9.57 Å². The maximum atomic E-state index is 12.8. The molecule has 0 aliphatic carbocycles. The highest BCUT2D eigenvalue weighted by atomic mass is 32.2. The summed E-state index contributed by atoms with van der Waals surface area (Å²) in [5, 5.41) is 9.70. The molecule has 11 heteroatoms. The minimum Gasteiger partial charge on any atom is -0.453 e. The number of aryl methyl sites for hydroxylation is 1. The molecular formula is C23H25N5O5S. The largest absolute Gasteiger partial charge is 0.453 e. The van der Waals surface area contributed by atoms with E-state index < -0.39 is 28.4 Å². The molecule has 1 aromatic carbocycles. The van der Waals surface area contributed by atoms with Crippen LogP contribution in [0.15, 0.2) is 52.8 Å². The van der Waals surface area contributed by atoms with Crippen LogP contribution in [0.3, 0.4) is 0 Å². The molecule has 0 unspecified atom stereocenters. The van der Waals surface area contributed by atoms with Crippen LogP contribution in [0.2, 0.25) is 0 Å². The molecule has 10 nitrogen and oxygen atoms in total. The van der Waals surface area contributed by atoms with E-state index in [1.54, 1.807) is 23.9 Å². The molecule has 0 spiro atoms. The van der Waals surface area contributed by atoms with Gasteiger partial charge in [-0.05, 0) is 31.0 Å².